The highest BCUT2D eigenvalue weighted by molar-refractivity contribution is 7.92. The standard InChI is InChI=1S/C17H14Cl2F3NO4S/c1-10-7-12(5-6-13(10)16(24)25)23(28(26,27)9-17(20,21)22)8-11-3-2-4-14(18)15(11)19/h2-7H,8-9H2,1H3,(H,24,25). The summed E-state index contributed by atoms with van der Waals surface area (Å²) in [6.07, 6.45) is -4.97. The van der Waals surface area contributed by atoms with Crippen molar-refractivity contribution >= 4 is 44.9 Å². The average Bonchev–Trinajstić information content (AvgIpc) is 2.53. The Kier molecular flexibility index (Phi) is 6.52. The van der Waals surface area contributed by atoms with Crippen LogP contribution in [0.4, 0.5) is 18.9 Å². The van der Waals surface area contributed by atoms with Crippen LogP contribution in [0.5, 0.6) is 0 Å². The Balaban J connectivity index is 2.58. The number of carboxylic acids is 1. The molecular formula is C17H14Cl2F3NO4S. The van der Waals surface area contributed by atoms with Crippen molar-refractivity contribution in [1.29, 1.82) is 0 Å². The van der Waals surface area contributed by atoms with E-state index < -0.39 is 34.5 Å². The first kappa shape index (κ1) is 22.3. The lowest BCUT2D eigenvalue weighted by Crippen LogP contribution is -2.37. The highest BCUT2D eigenvalue weighted by Crippen LogP contribution is 2.31. The summed E-state index contributed by atoms with van der Waals surface area (Å²) in [5.41, 5.74) is 0.162. The normalized spacial score (nSPS) is 12.1. The predicted octanol–water partition coefficient (Wildman–Crippen LogP) is 4.90. The van der Waals surface area contributed by atoms with Gasteiger partial charge >= 0.3 is 12.1 Å². The van der Waals surface area contributed by atoms with Gasteiger partial charge in [0.2, 0.25) is 10.0 Å². The second-order valence-corrected chi connectivity index (χ2v) is 8.57. The van der Waals surface area contributed by atoms with Gasteiger partial charge in [-0.3, -0.25) is 4.31 Å². The number of aryl methyl sites for hydroxylation is 1. The quantitative estimate of drug-likeness (QED) is 0.671. The molecule has 0 fully saturated rings. The maximum Gasteiger partial charge on any atom is 0.404 e. The topological polar surface area (TPSA) is 74.7 Å². The van der Waals surface area contributed by atoms with E-state index in [9.17, 15) is 26.4 Å². The highest BCUT2D eigenvalue weighted by Gasteiger charge is 2.39. The summed E-state index contributed by atoms with van der Waals surface area (Å²) in [4.78, 5) is 11.1. The third kappa shape index (κ3) is 5.30. The van der Waals surface area contributed by atoms with E-state index in [1.807, 2.05) is 0 Å². The Morgan fingerprint density at radius 1 is 1.18 bits per heavy atom. The van der Waals surface area contributed by atoms with Gasteiger partial charge in [0, 0.05) is 0 Å². The number of alkyl halides is 3. The lowest BCUT2D eigenvalue weighted by Gasteiger charge is -2.26. The zero-order valence-electron chi connectivity index (χ0n) is 14.3. The molecule has 0 heterocycles. The number of anilines is 1. The van der Waals surface area contributed by atoms with Crippen LogP contribution in [-0.4, -0.2) is 31.4 Å². The van der Waals surface area contributed by atoms with Crippen molar-refractivity contribution in [1.82, 2.24) is 0 Å². The maximum atomic E-state index is 12.8. The molecule has 5 nitrogen and oxygen atoms in total. The fraction of sp³-hybridized carbons (Fsp3) is 0.235. The van der Waals surface area contributed by atoms with Crippen LogP contribution in [0.2, 0.25) is 10.0 Å². The first-order valence-corrected chi connectivity index (χ1v) is 10.0. The number of aromatic carboxylic acids is 1. The van der Waals surface area contributed by atoms with Crippen LogP contribution in [0.15, 0.2) is 36.4 Å². The molecule has 0 radical (unpaired) electrons. The molecule has 0 aliphatic carbocycles. The summed E-state index contributed by atoms with van der Waals surface area (Å²) in [5.74, 6) is -3.33. The van der Waals surface area contributed by atoms with Gasteiger partial charge in [0.15, 0.2) is 5.75 Å². The maximum absolute atomic E-state index is 12.8. The summed E-state index contributed by atoms with van der Waals surface area (Å²) in [7, 11) is -4.85. The van der Waals surface area contributed by atoms with Gasteiger partial charge in [0.1, 0.15) is 0 Å². The average molecular weight is 456 g/mol. The summed E-state index contributed by atoms with van der Waals surface area (Å²) < 4.78 is 64.0. The van der Waals surface area contributed by atoms with Gasteiger partial charge in [0.25, 0.3) is 0 Å². The van der Waals surface area contributed by atoms with Gasteiger partial charge in [0.05, 0.1) is 27.8 Å². The molecule has 2 rings (SSSR count). The van der Waals surface area contributed by atoms with Gasteiger partial charge in [-0.25, -0.2) is 13.2 Å². The fourth-order valence-corrected chi connectivity index (χ4v) is 4.22. The summed E-state index contributed by atoms with van der Waals surface area (Å²) >= 11 is 12.0. The molecule has 28 heavy (non-hydrogen) atoms. The van der Waals surface area contributed by atoms with E-state index in [-0.39, 0.29) is 32.4 Å². The van der Waals surface area contributed by atoms with E-state index >= 15 is 0 Å². The molecule has 0 aliphatic rings. The van der Waals surface area contributed by atoms with Crippen molar-refractivity contribution in [3.8, 4) is 0 Å². The SMILES string of the molecule is Cc1cc(N(Cc2cccc(Cl)c2Cl)S(=O)(=O)CC(F)(F)F)ccc1C(=O)O. The Labute approximate surface area is 169 Å². The first-order chi connectivity index (χ1) is 12.8. The molecule has 2 aromatic carbocycles. The molecule has 1 N–H and O–H groups in total. The summed E-state index contributed by atoms with van der Waals surface area (Å²) in [5, 5.41) is 9.22. The van der Waals surface area contributed by atoms with E-state index in [1.165, 1.54) is 31.2 Å². The number of carboxylic acid groups (broad SMARTS) is 1. The van der Waals surface area contributed by atoms with Crippen LogP contribution < -0.4 is 4.31 Å². The third-order valence-corrected chi connectivity index (χ3v) is 6.32. The van der Waals surface area contributed by atoms with Crippen LogP contribution in [0.3, 0.4) is 0 Å². The molecule has 0 saturated carbocycles. The summed E-state index contributed by atoms with van der Waals surface area (Å²) in [6, 6.07) is 7.81. The molecule has 0 amide bonds. The molecule has 0 aromatic heterocycles. The minimum Gasteiger partial charge on any atom is -0.478 e. The van der Waals surface area contributed by atoms with Gasteiger partial charge in [-0.1, -0.05) is 35.3 Å². The van der Waals surface area contributed by atoms with Crippen molar-refractivity contribution in [2.45, 2.75) is 19.6 Å². The lowest BCUT2D eigenvalue weighted by molar-refractivity contribution is -0.106. The summed E-state index contributed by atoms with van der Waals surface area (Å²) in [6.45, 7) is 0.900. The number of nitrogens with zero attached hydrogens (tertiary/aromatic N) is 1. The van der Waals surface area contributed by atoms with Crippen molar-refractivity contribution < 1.29 is 31.5 Å². The van der Waals surface area contributed by atoms with Crippen molar-refractivity contribution in [3.05, 3.63) is 63.1 Å². The van der Waals surface area contributed by atoms with E-state index in [0.717, 1.165) is 12.1 Å². The van der Waals surface area contributed by atoms with Crippen molar-refractivity contribution in [2.75, 3.05) is 10.1 Å². The molecule has 11 heteroatoms. The predicted molar refractivity (Wildman–Crippen MR) is 101 cm³/mol. The number of hydrogen-bond acceptors (Lipinski definition) is 3. The fourth-order valence-electron chi connectivity index (χ4n) is 2.50. The first-order valence-electron chi connectivity index (χ1n) is 7.66. The second-order valence-electron chi connectivity index (χ2n) is 5.90. The number of carbonyl (C=O) groups is 1. The Bertz CT molecular complexity index is 1010. The van der Waals surface area contributed by atoms with Gasteiger partial charge in [-0.05, 0) is 42.3 Å². The van der Waals surface area contributed by atoms with Gasteiger partial charge < -0.3 is 5.11 Å². The van der Waals surface area contributed by atoms with Crippen LogP contribution >= 0.6 is 23.2 Å². The molecule has 2 aromatic rings. The number of benzene rings is 2. The number of halogens is 5. The number of hydrogen-bond donors (Lipinski definition) is 1. The third-order valence-electron chi connectivity index (χ3n) is 3.76. The number of sulfonamides is 1. The van der Waals surface area contributed by atoms with Crippen LogP contribution in [0.1, 0.15) is 21.5 Å². The van der Waals surface area contributed by atoms with Crippen molar-refractivity contribution in [2.24, 2.45) is 0 Å². The monoisotopic (exact) mass is 455 g/mol. The van der Waals surface area contributed by atoms with Crippen LogP contribution in [0.25, 0.3) is 0 Å². The van der Waals surface area contributed by atoms with Gasteiger partial charge in [-0.2, -0.15) is 13.2 Å². The molecule has 0 saturated heterocycles. The second kappa shape index (κ2) is 8.18. The van der Waals surface area contributed by atoms with Crippen LogP contribution in [0, 0.1) is 6.92 Å². The molecule has 0 spiro atoms. The largest absolute Gasteiger partial charge is 0.478 e. The molecule has 0 unspecified atom stereocenters. The Hall–Kier alpha value is -1.97. The Morgan fingerprint density at radius 2 is 1.82 bits per heavy atom. The molecule has 0 bridgehead atoms. The molecule has 0 atom stereocenters. The van der Waals surface area contributed by atoms with Crippen LogP contribution in [-0.2, 0) is 16.6 Å². The lowest BCUT2D eigenvalue weighted by atomic mass is 10.1. The Morgan fingerprint density at radius 3 is 2.36 bits per heavy atom. The zero-order chi connectivity index (χ0) is 21.3. The van der Waals surface area contributed by atoms with Gasteiger partial charge in [-0.15, -0.1) is 0 Å². The van der Waals surface area contributed by atoms with E-state index in [0.29, 0.717) is 4.31 Å². The smallest absolute Gasteiger partial charge is 0.404 e. The zero-order valence-corrected chi connectivity index (χ0v) is 16.6. The molecule has 0 aliphatic heterocycles. The molecular weight excluding hydrogens is 442 g/mol. The molecule has 152 valence electrons. The minimum atomic E-state index is -4.97. The number of rotatable bonds is 6. The van der Waals surface area contributed by atoms with Crippen molar-refractivity contribution in [3.63, 3.8) is 0 Å². The van der Waals surface area contributed by atoms with E-state index in [1.54, 1.807) is 0 Å². The van der Waals surface area contributed by atoms with E-state index in [2.05, 4.69) is 0 Å². The highest BCUT2D eigenvalue weighted by atomic mass is 35.5. The van der Waals surface area contributed by atoms with E-state index in [4.69, 9.17) is 28.3 Å². The minimum absolute atomic E-state index is 0.00949.